The molecule has 2 rings (SSSR count). The monoisotopic (exact) mass is 377 g/mol. The second kappa shape index (κ2) is 9.82. The molecule has 0 aromatic carbocycles. The van der Waals surface area contributed by atoms with Gasteiger partial charge in [-0.2, -0.15) is 17.0 Å². The van der Waals surface area contributed by atoms with Crippen LogP contribution < -0.4 is 5.32 Å². The van der Waals surface area contributed by atoms with Gasteiger partial charge in [-0.3, -0.25) is 4.79 Å². The van der Waals surface area contributed by atoms with Crippen LogP contribution in [0.1, 0.15) is 33.1 Å². The Morgan fingerprint density at radius 1 is 1.24 bits per heavy atom. The van der Waals surface area contributed by atoms with Gasteiger partial charge in [-0.1, -0.05) is 0 Å². The molecule has 2 aliphatic rings. The Labute approximate surface area is 151 Å². The van der Waals surface area contributed by atoms with Gasteiger partial charge in [-0.05, 0) is 33.1 Å². The van der Waals surface area contributed by atoms with Crippen molar-refractivity contribution in [2.24, 2.45) is 5.92 Å². The summed E-state index contributed by atoms with van der Waals surface area (Å²) in [6.07, 6.45) is 2.38. The molecule has 0 spiro atoms. The summed E-state index contributed by atoms with van der Waals surface area (Å²) in [7, 11) is -3.50. The lowest BCUT2D eigenvalue weighted by Gasteiger charge is -2.36. The Kier molecular flexibility index (Phi) is 8.08. The lowest BCUT2D eigenvalue weighted by molar-refractivity contribution is -0.126. The molecule has 146 valence electrons. The highest BCUT2D eigenvalue weighted by atomic mass is 32.2. The molecule has 2 fully saturated rings. The first-order valence-electron chi connectivity index (χ1n) is 9.13. The summed E-state index contributed by atoms with van der Waals surface area (Å²) in [5, 5.41) is 2.90. The van der Waals surface area contributed by atoms with E-state index in [-0.39, 0.29) is 24.5 Å². The van der Waals surface area contributed by atoms with Gasteiger partial charge < -0.3 is 14.8 Å². The molecular weight excluding hydrogens is 346 g/mol. The zero-order valence-electron chi connectivity index (χ0n) is 15.3. The second-order valence-electron chi connectivity index (χ2n) is 6.78. The van der Waals surface area contributed by atoms with Crippen molar-refractivity contribution in [3.8, 4) is 0 Å². The molecule has 25 heavy (non-hydrogen) atoms. The van der Waals surface area contributed by atoms with Gasteiger partial charge >= 0.3 is 0 Å². The van der Waals surface area contributed by atoms with E-state index in [0.717, 1.165) is 12.8 Å². The summed E-state index contributed by atoms with van der Waals surface area (Å²) >= 11 is 0. The lowest BCUT2D eigenvalue weighted by atomic mass is 9.99. The van der Waals surface area contributed by atoms with E-state index in [4.69, 9.17) is 9.47 Å². The van der Waals surface area contributed by atoms with E-state index in [2.05, 4.69) is 5.32 Å². The number of morpholine rings is 1. The summed E-state index contributed by atoms with van der Waals surface area (Å²) in [6, 6.07) is 0. The molecule has 0 aromatic heterocycles. The Morgan fingerprint density at radius 3 is 2.64 bits per heavy atom. The Hall–Kier alpha value is -0.740. The van der Waals surface area contributed by atoms with Crippen LogP contribution in [0, 0.1) is 5.92 Å². The molecule has 1 N–H and O–H groups in total. The van der Waals surface area contributed by atoms with E-state index in [1.54, 1.807) is 0 Å². The number of piperidine rings is 1. The van der Waals surface area contributed by atoms with E-state index in [0.29, 0.717) is 52.4 Å². The zero-order valence-corrected chi connectivity index (χ0v) is 16.1. The normalized spacial score (nSPS) is 23.7. The van der Waals surface area contributed by atoms with Crippen LogP contribution in [0.25, 0.3) is 0 Å². The highest BCUT2D eigenvalue weighted by Gasteiger charge is 2.36. The van der Waals surface area contributed by atoms with Crippen molar-refractivity contribution in [1.82, 2.24) is 13.9 Å². The summed E-state index contributed by atoms with van der Waals surface area (Å²) in [4.78, 5) is 12.3. The molecule has 0 bridgehead atoms. The Bertz CT molecular complexity index is 520. The highest BCUT2D eigenvalue weighted by molar-refractivity contribution is 7.86. The van der Waals surface area contributed by atoms with Gasteiger partial charge in [0.1, 0.15) is 0 Å². The fourth-order valence-electron chi connectivity index (χ4n) is 3.05. The maximum Gasteiger partial charge on any atom is 0.282 e. The van der Waals surface area contributed by atoms with Crippen LogP contribution in [-0.2, 0) is 24.5 Å². The largest absolute Gasteiger partial charge is 0.379 e. The maximum absolute atomic E-state index is 12.7. The van der Waals surface area contributed by atoms with E-state index < -0.39 is 10.2 Å². The molecule has 1 atom stereocenters. The number of carbonyl (C=O) groups is 1. The van der Waals surface area contributed by atoms with E-state index >= 15 is 0 Å². The molecular formula is C16H31N3O5S. The molecule has 2 aliphatic heterocycles. The average Bonchev–Trinajstić information content (AvgIpc) is 2.62. The van der Waals surface area contributed by atoms with E-state index in [9.17, 15) is 13.2 Å². The minimum Gasteiger partial charge on any atom is -0.379 e. The van der Waals surface area contributed by atoms with E-state index in [1.807, 2.05) is 13.8 Å². The van der Waals surface area contributed by atoms with Gasteiger partial charge in [0.2, 0.25) is 5.91 Å². The Balaban J connectivity index is 1.80. The third-order valence-corrected chi connectivity index (χ3v) is 6.45. The van der Waals surface area contributed by atoms with Crippen LogP contribution in [-0.4, -0.2) is 81.6 Å². The van der Waals surface area contributed by atoms with Crippen molar-refractivity contribution in [2.45, 2.75) is 39.2 Å². The van der Waals surface area contributed by atoms with Crippen molar-refractivity contribution in [2.75, 3.05) is 52.5 Å². The number of rotatable bonds is 8. The van der Waals surface area contributed by atoms with Gasteiger partial charge in [-0.25, -0.2) is 0 Å². The first kappa shape index (κ1) is 20.6. The van der Waals surface area contributed by atoms with Gasteiger partial charge in [0.25, 0.3) is 10.2 Å². The summed E-state index contributed by atoms with van der Waals surface area (Å²) in [5.74, 6) is -0.345. The second-order valence-corrected chi connectivity index (χ2v) is 8.71. The van der Waals surface area contributed by atoms with Crippen molar-refractivity contribution in [3.63, 3.8) is 0 Å². The van der Waals surface area contributed by atoms with Crippen molar-refractivity contribution >= 4 is 16.1 Å². The molecule has 0 aliphatic carbocycles. The first-order valence-corrected chi connectivity index (χ1v) is 10.5. The van der Waals surface area contributed by atoms with Crippen LogP contribution in [0.15, 0.2) is 0 Å². The predicted octanol–water partition coefficient (Wildman–Crippen LogP) is 0.207. The molecule has 1 amide bonds. The van der Waals surface area contributed by atoms with Crippen molar-refractivity contribution < 1.29 is 22.7 Å². The molecule has 0 saturated carbocycles. The van der Waals surface area contributed by atoms with Crippen molar-refractivity contribution in [3.05, 3.63) is 0 Å². The fraction of sp³-hybridized carbons (Fsp3) is 0.938. The maximum atomic E-state index is 12.7. The number of nitrogens with zero attached hydrogens (tertiary/aromatic N) is 2. The van der Waals surface area contributed by atoms with Gasteiger partial charge in [-0.15, -0.1) is 0 Å². The summed E-state index contributed by atoms with van der Waals surface area (Å²) < 4.78 is 39.0. The van der Waals surface area contributed by atoms with Gasteiger partial charge in [0.05, 0.1) is 25.2 Å². The quantitative estimate of drug-likeness (QED) is 0.611. The number of ether oxygens (including phenoxy) is 2. The topological polar surface area (TPSA) is 88.2 Å². The molecule has 0 radical (unpaired) electrons. The van der Waals surface area contributed by atoms with E-state index in [1.165, 1.54) is 8.61 Å². The first-order chi connectivity index (χ1) is 11.9. The molecule has 1 unspecified atom stereocenters. The average molecular weight is 378 g/mol. The minimum atomic E-state index is -3.50. The standard InChI is InChI=1S/C16H31N3O5S/c1-14(2)24-10-4-6-17-16(20)15-5-3-7-19(13-15)25(21,22)18-8-11-23-12-9-18/h14-15H,3-13H2,1-2H3,(H,17,20). The molecule has 2 saturated heterocycles. The third-order valence-electron chi connectivity index (χ3n) is 4.45. The third kappa shape index (κ3) is 6.18. The number of hydrogen-bond donors (Lipinski definition) is 1. The zero-order chi connectivity index (χ0) is 18.3. The SMILES string of the molecule is CC(C)OCCCNC(=O)C1CCCN(S(=O)(=O)N2CCOCC2)C1. The Morgan fingerprint density at radius 2 is 1.96 bits per heavy atom. The van der Waals surface area contributed by atoms with Crippen LogP contribution in [0.2, 0.25) is 0 Å². The fourth-order valence-corrected chi connectivity index (χ4v) is 4.72. The van der Waals surface area contributed by atoms with Gasteiger partial charge in [0, 0.05) is 39.3 Å². The molecule has 9 heteroatoms. The van der Waals surface area contributed by atoms with Crippen LogP contribution in [0.3, 0.4) is 0 Å². The molecule has 8 nitrogen and oxygen atoms in total. The van der Waals surface area contributed by atoms with Crippen LogP contribution in [0.4, 0.5) is 0 Å². The number of carbonyl (C=O) groups excluding carboxylic acids is 1. The van der Waals surface area contributed by atoms with Crippen molar-refractivity contribution in [1.29, 1.82) is 0 Å². The smallest absolute Gasteiger partial charge is 0.282 e. The van der Waals surface area contributed by atoms with Crippen LogP contribution >= 0.6 is 0 Å². The van der Waals surface area contributed by atoms with Gasteiger partial charge in [0.15, 0.2) is 0 Å². The lowest BCUT2D eigenvalue weighted by Crippen LogP contribution is -2.53. The summed E-state index contributed by atoms with van der Waals surface area (Å²) in [5.41, 5.74) is 0. The number of hydrogen-bond acceptors (Lipinski definition) is 5. The predicted molar refractivity (Wildman–Crippen MR) is 94.3 cm³/mol. The highest BCUT2D eigenvalue weighted by Crippen LogP contribution is 2.22. The molecule has 0 aromatic rings. The minimum absolute atomic E-state index is 0.0635. The number of amides is 1. The number of nitrogens with one attached hydrogen (secondary N) is 1. The molecule has 2 heterocycles. The summed E-state index contributed by atoms with van der Waals surface area (Å²) in [6.45, 7) is 7.47. The van der Waals surface area contributed by atoms with Crippen LogP contribution in [0.5, 0.6) is 0 Å².